The number of nitrogens with zero attached hydrogens (tertiary/aromatic N) is 4. The van der Waals surface area contributed by atoms with Crippen LogP contribution in [0, 0.1) is 0 Å². The summed E-state index contributed by atoms with van der Waals surface area (Å²) in [4.78, 5) is 37.0. The van der Waals surface area contributed by atoms with Gasteiger partial charge in [0.15, 0.2) is 5.01 Å². The van der Waals surface area contributed by atoms with Crippen molar-refractivity contribution in [3.05, 3.63) is 15.6 Å². The second kappa shape index (κ2) is 8.48. The zero-order chi connectivity index (χ0) is 18.7. The number of piperidine rings is 1. The van der Waals surface area contributed by atoms with Crippen molar-refractivity contribution in [1.29, 1.82) is 0 Å². The zero-order valence-corrected chi connectivity index (χ0v) is 17.0. The van der Waals surface area contributed by atoms with Gasteiger partial charge in [-0.15, -0.1) is 11.3 Å². The SMILES string of the molecule is CC(C)N(C)CC(=O)N1CCc2nc(C(=O)N3CCCCC3)sc2CC1. The van der Waals surface area contributed by atoms with Crippen molar-refractivity contribution in [2.24, 2.45) is 0 Å². The van der Waals surface area contributed by atoms with Crippen LogP contribution >= 0.6 is 11.3 Å². The average molecular weight is 379 g/mol. The van der Waals surface area contributed by atoms with Crippen LogP contribution in [0.15, 0.2) is 0 Å². The van der Waals surface area contributed by atoms with Crippen molar-refractivity contribution in [2.75, 3.05) is 39.8 Å². The molecule has 144 valence electrons. The number of amides is 2. The number of hydrogen-bond acceptors (Lipinski definition) is 5. The van der Waals surface area contributed by atoms with Gasteiger partial charge < -0.3 is 9.80 Å². The standard InChI is InChI=1S/C19H30N4O2S/c1-14(2)21(3)13-17(24)22-11-7-15-16(8-12-22)26-18(20-15)19(25)23-9-5-4-6-10-23/h14H,4-13H2,1-3H3. The number of carbonyl (C=O) groups is 2. The Hall–Kier alpha value is -1.47. The monoisotopic (exact) mass is 378 g/mol. The Bertz CT molecular complexity index is 626. The minimum absolute atomic E-state index is 0.0919. The van der Waals surface area contributed by atoms with E-state index in [4.69, 9.17) is 0 Å². The van der Waals surface area contributed by atoms with Crippen LogP contribution in [-0.2, 0) is 17.6 Å². The van der Waals surface area contributed by atoms with E-state index in [1.54, 1.807) is 0 Å². The molecule has 2 amide bonds. The molecule has 0 saturated carbocycles. The van der Waals surface area contributed by atoms with Crippen LogP contribution < -0.4 is 0 Å². The smallest absolute Gasteiger partial charge is 0.282 e. The summed E-state index contributed by atoms with van der Waals surface area (Å²) in [7, 11) is 1.98. The molecule has 7 heteroatoms. The number of rotatable bonds is 4. The molecular formula is C19H30N4O2S. The topological polar surface area (TPSA) is 56.8 Å². The first-order chi connectivity index (χ1) is 12.5. The highest BCUT2D eigenvalue weighted by Crippen LogP contribution is 2.25. The van der Waals surface area contributed by atoms with Gasteiger partial charge in [0.1, 0.15) is 0 Å². The Morgan fingerprint density at radius 1 is 1.08 bits per heavy atom. The third-order valence-electron chi connectivity index (χ3n) is 5.45. The van der Waals surface area contributed by atoms with Gasteiger partial charge in [-0.3, -0.25) is 14.5 Å². The average Bonchev–Trinajstić information content (AvgIpc) is 2.94. The molecule has 3 heterocycles. The Kier molecular flexibility index (Phi) is 6.29. The van der Waals surface area contributed by atoms with Crippen LogP contribution in [0.5, 0.6) is 0 Å². The summed E-state index contributed by atoms with van der Waals surface area (Å²) in [5.41, 5.74) is 1.02. The highest BCUT2D eigenvalue weighted by Gasteiger charge is 2.26. The molecule has 1 aromatic heterocycles. The molecule has 2 aliphatic heterocycles. The summed E-state index contributed by atoms with van der Waals surface area (Å²) >= 11 is 1.53. The van der Waals surface area contributed by atoms with E-state index >= 15 is 0 Å². The molecule has 6 nitrogen and oxygen atoms in total. The number of carbonyl (C=O) groups excluding carboxylic acids is 2. The summed E-state index contributed by atoms with van der Waals surface area (Å²) in [6.07, 6.45) is 4.96. The molecule has 26 heavy (non-hydrogen) atoms. The molecule has 1 saturated heterocycles. The first-order valence-electron chi connectivity index (χ1n) is 9.71. The molecule has 0 aromatic carbocycles. The number of likely N-dealkylation sites (tertiary alicyclic amines) is 1. The lowest BCUT2D eigenvalue weighted by atomic mass is 10.1. The van der Waals surface area contributed by atoms with E-state index in [0.717, 1.165) is 51.0 Å². The van der Waals surface area contributed by atoms with E-state index in [2.05, 4.69) is 23.7 Å². The van der Waals surface area contributed by atoms with Gasteiger partial charge in [0.25, 0.3) is 5.91 Å². The lowest BCUT2D eigenvalue weighted by Gasteiger charge is -2.26. The van der Waals surface area contributed by atoms with Crippen molar-refractivity contribution >= 4 is 23.2 Å². The third kappa shape index (κ3) is 4.43. The van der Waals surface area contributed by atoms with E-state index < -0.39 is 0 Å². The fraction of sp³-hybridized carbons (Fsp3) is 0.737. The van der Waals surface area contributed by atoms with Crippen molar-refractivity contribution < 1.29 is 9.59 Å². The van der Waals surface area contributed by atoms with Crippen LogP contribution in [0.4, 0.5) is 0 Å². The van der Waals surface area contributed by atoms with Gasteiger partial charge in [0, 0.05) is 49.9 Å². The minimum Gasteiger partial charge on any atom is -0.341 e. The molecule has 0 spiro atoms. The van der Waals surface area contributed by atoms with Crippen LogP contribution in [0.25, 0.3) is 0 Å². The van der Waals surface area contributed by atoms with Gasteiger partial charge in [-0.05, 0) is 40.2 Å². The Morgan fingerprint density at radius 2 is 1.77 bits per heavy atom. The fourth-order valence-corrected chi connectivity index (χ4v) is 4.50. The van der Waals surface area contributed by atoms with Crippen molar-refractivity contribution in [3.63, 3.8) is 0 Å². The summed E-state index contributed by atoms with van der Waals surface area (Å²) < 4.78 is 0. The zero-order valence-electron chi connectivity index (χ0n) is 16.2. The summed E-state index contributed by atoms with van der Waals surface area (Å²) in [5.74, 6) is 0.273. The van der Waals surface area contributed by atoms with Gasteiger partial charge in [-0.25, -0.2) is 4.98 Å². The second-order valence-corrected chi connectivity index (χ2v) is 8.72. The van der Waals surface area contributed by atoms with Crippen LogP contribution in [0.3, 0.4) is 0 Å². The molecule has 1 aromatic rings. The van der Waals surface area contributed by atoms with Crippen molar-refractivity contribution in [2.45, 2.75) is 52.0 Å². The predicted octanol–water partition coefficient (Wildman–Crippen LogP) is 2.04. The second-order valence-electron chi connectivity index (χ2n) is 7.63. The molecule has 3 rings (SSSR count). The van der Waals surface area contributed by atoms with E-state index in [1.165, 1.54) is 22.6 Å². The normalized spacial score (nSPS) is 18.2. The van der Waals surface area contributed by atoms with E-state index in [0.29, 0.717) is 24.1 Å². The lowest BCUT2D eigenvalue weighted by Crippen LogP contribution is -2.42. The van der Waals surface area contributed by atoms with Crippen LogP contribution in [0.2, 0.25) is 0 Å². The predicted molar refractivity (Wildman–Crippen MR) is 104 cm³/mol. The molecule has 0 aliphatic carbocycles. The maximum Gasteiger partial charge on any atom is 0.282 e. The van der Waals surface area contributed by atoms with E-state index in [9.17, 15) is 9.59 Å². The van der Waals surface area contributed by atoms with Crippen molar-refractivity contribution in [1.82, 2.24) is 19.7 Å². The largest absolute Gasteiger partial charge is 0.341 e. The number of aromatic nitrogens is 1. The first-order valence-corrected chi connectivity index (χ1v) is 10.5. The summed E-state index contributed by atoms with van der Waals surface area (Å²) in [6.45, 7) is 7.77. The quantitative estimate of drug-likeness (QED) is 0.805. The molecule has 0 atom stereocenters. The fourth-order valence-electron chi connectivity index (χ4n) is 3.43. The van der Waals surface area contributed by atoms with Crippen LogP contribution in [-0.4, -0.2) is 77.3 Å². The van der Waals surface area contributed by atoms with Crippen molar-refractivity contribution in [3.8, 4) is 0 Å². The van der Waals surface area contributed by atoms with Gasteiger partial charge >= 0.3 is 0 Å². The molecule has 0 bridgehead atoms. The number of hydrogen-bond donors (Lipinski definition) is 0. The molecular weight excluding hydrogens is 348 g/mol. The maximum absolute atomic E-state index is 12.7. The highest BCUT2D eigenvalue weighted by atomic mass is 32.1. The highest BCUT2D eigenvalue weighted by molar-refractivity contribution is 7.13. The first kappa shape index (κ1) is 19.3. The molecule has 1 fully saturated rings. The molecule has 0 N–H and O–H groups in total. The van der Waals surface area contributed by atoms with Gasteiger partial charge in [0.05, 0.1) is 12.2 Å². The third-order valence-corrected chi connectivity index (χ3v) is 6.60. The lowest BCUT2D eigenvalue weighted by molar-refractivity contribution is -0.132. The minimum atomic E-state index is 0.0919. The Labute approximate surface area is 160 Å². The number of fused-ring (bicyclic) bond motifs is 1. The Balaban J connectivity index is 1.60. The van der Waals surface area contributed by atoms with Gasteiger partial charge in [-0.1, -0.05) is 0 Å². The number of likely N-dealkylation sites (N-methyl/N-ethyl adjacent to an activating group) is 1. The maximum atomic E-state index is 12.7. The number of thiazole rings is 1. The molecule has 2 aliphatic rings. The van der Waals surface area contributed by atoms with E-state index in [1.807, 2.05) is 16.8 Å². The van der Waals surface area contributed by atoms with Gasteiger partial charge in [0.2, 0.25) is 5.91 Å². The van der Waals surface area contributed by atoms with Crippen LogP contribution in [0.1, 0.15) is 53.5 Å². The molecule has 0 unspecified atom stereocenters. The van der Waals surface area contributed by atoms with E-state index in [-0.39, 0.29) is 11.8 Å². The molecule has 0 radical (unpaired) electrons. The Morgan fingerprint density at radius 3 is 2.46 bits per heavy atom. The summed E-state index contributed by atoms with van der Waals surface area (Å²) in [6, 6.07) is 0.359. The summed E-state index contributed by atoms with van der Waals surface area (Å²) in [5, 5.41) is 0.635. The van der Waals surface area contributed by atoms with Gasteiger partial charge in [-0.2, -0.15) is 0 Å².